The number of esters is 2. The molecule has 5 N–H and O–H groups in total. The maximum absolute atomic E-state index is 10.6. The Bertz CT molecular complexity index is 729. The molecule has 1 rings (SSSR count). The minimum Gasteiger partial charge on any atom is -0.481 e. The number of ether oxygens (including phenoxy) is 2. The summed E-state index contributed by atoms with van der Waals surface area (Å²) in [5, 5.41) is 8.74. The van der Waals surface area contributed by atoms with Crippen molar-refractivity contribution in [1.29, 1.82) is 0 Å². The fourth-order valence-electron chi connectivity index (χ4n) is 1.97. The van der Waals surface area contributed by atoms with Gasteiger partial charge < -0.3 is 26.0 Å². The molecule has 9 heteroatoms. The summed E-state index contributed by atoms with van der Waals surface area (Å²) in [4.78, 5) is 31.8. The fourth-order valence-corrected chi connectivity index (χ4v) is 2.55. The van der Waals surface area contributed by atoms with Gasteiger partial charge in [0.05, 0.1) is 5.92 Å². The summed E-state index contributed by atoms with van der Waals surface area (Å²) in [6.07, 6.45) is 2.71. The van der Waals surface area contributed by atoms with Gasteiger partial charge in [-0.3, -0.25) is 14.4 Å². The molecular weight excluding hydrogens is 623 g/mol. The lowest BCUT2D eigenvalue weighted by Gasteiger charge is -2.18. The van der Waals surface area contributed by atoms with Crippen LogP contribution >= 0.6 is 22.6 Å². The van der Waals surface area contributed by atoms with Gasteiger partial charge in [0.2, 0.25) is 0 Å². The largest absolute Gasteiger partial charge is 0.481 e. The van der Waals surface area contributed by atoms with E-state index in [-0.39, 0.29) is 36.5 Å². The first kappa shape index (κ1) is 50.9. The van der Waals surface area contributed by atoms with Crippen LogP contribution in [0.25, 0.3) is 0 Å². The van der Waals surface area contributed by atoms with E-state index in [0.29, 0.717) is 19.3 Å². The summed E-state index contributed by atoms with van der Waals surface area (Å²) in [6.45, 7) is 24.7. The molecule has 240 valence electrons. The smallest absolute Gasteiger partial charge is 0.306 e. The third-order valence-corrected chi connectivity index (χ3v) is 4.38. The molecule has 1 atom stereocenters. The molecule has 1 aromatic rings. The third kappa shape index (κ3) is 40.6. The molecule has 0 aliphatic heterocycles. The molecule has 40 heavy (non-hydrogen) atoms. The van der Waals surface area contributed by atoms with Gasteiger partial charge in [0.25, 0.3) is 0 Å². The first-order valence-electron chi connectivity index (χ1n) is 13.6. The highest BCUT2D eigenvalue weighted by Gasteiger charge is 2.14. The molecule has 0 heterocycles. The molecule has 0 spiro atoms. The van der Waals surface area contributed by atoms with Crippen molar-refractivity contribution >= 4 is 46.2 Å². The highest BCUT2D eigenvalue weighted by molar-refractivity contribution is 14.1. The molecule has 0 aromatic heterocycles. The molecule has 0 aliphatic carbocycles. The van der Waals surface area contributed by atoms with Crippen molar-refractivity contribution in [1.82, 2.24) is 0 Å². The number of carboxylic acids is 1. The van der Waals surface area contributed by atoms with Gasteiger partial charge in [0.1, 0.15) is 11.2 Å². The molecule has 0 saturated carbocycles. The third-order valence-electron chi connectivity index (χ3n) is 3.45. The van der Waals surface area contributed by atoms with Crippen molar-refractivity contribution in [2.45, 2.75) is 134 Å². The summed E-state index contributed by atoms with van der Waals surface area (Å²) in [7, 11) is 1.50. The summed E-state index contributed by atoms with van der Waals surface area (Å²) in [6, 6.07) is 5.61. The number of carbonyl (C=O) groups is 3. The minimum atomic E-state index is -0.767. The molecule has 0 saturated heterocycles. The van der Waals surface area contributed by atoms with Gasteiger partial charge in [-0.1, -0.05) is 68.4 Å². The zero-order valence-electron chi connectivity index (χ0n) is 27.2. The topological polar surface area (TPSA) is 142 Å². The van der Waals surface area contributed by atoms with Crippen molar-refractivity contribution in [2.24, 2.45) is 11.7 Å². The van der Waals surface area contributed by atoms with Gasteiger partial charge in [-0.05, 0) is 95.3 Å². The molecule has 1 aromatic carbocycles. The van der Waals surface area contributed by atoms with Crippen molar-refractivity contribution in [3.05, 3.63) is 27.3 Å². The SMILES string of the molecule is C.CC.CCC.CCC(=O)OC(C)(C)C.CCC(=O)OC(C)(C)C.CN.C[C@H](Cc1ccc(N)c(I)c1)C(=O)O. The maximum atomic E-state index is 10.6. The van der Waals surface area contributed by atoms with Crippen molar-refractivity contribution < 1.29 is 29.0 Å². The zero-order chi connectivity index (χ0) is 32.4. The van der Waals surface area contributed by atoms with Gasteiger partial charge in [-0.2, -0.15) is 0 Å². The molecule has 0 radical (unpaired) electrons. The highest BCUT2D eigenvalue weighted by Crippen LogP contribution is 2.18. The molecule has 0 fully saturated rings. The van der Waals surface area contributed by atoms with Crippen LogP contribution in [0.15, 0.2) is 18.2 Å². The lowest BCUT2D eigenvalue weighted by Crippen LogP contribution is -2.23. The van der Waals surface area contributed by atoms with E-state index in [0.717, 1.165) is 14.8 Å². The van der Waals surface area contributed by atoms with Crippen LogP contribution in [-0.2, 0) is 30.3 Å². The number of benzene rings is 1. The van der Waals surface area contributed by atoms with E-state index >= 15 is 0 Å². The Morgan fingerprint density at radius 2 is 1.20 bits per heavy atom. The second-order valence-electron chi connectivity index (χ2n) is 9.89. The first-order chi connectivity index (χ1) is 17.8. The van der Waals surface area contributed by atoms with Crippen LogP contribution < -0.4 is 11.5 Å². The quantitative estimate of drug-likeness (QED) is 0.160. The van der Waals surface area contributed by atoms with Crippen LogP contribution in [0.3, 0.4) is 0 Å². The van der Waals surface area contributed by atoms with Crippen LogP contribution in [0.2, 0.25) is 0 Å². The number of hydrogen-bond acceptors (Lipinski definition) is 7. The summed E-state index contributed by atoms with van der Waals surface area (Å²) in [5.41, 5.74) is 11.2. The Morgan fingerprint density at radius 1 is 0.875 bits per heavy atom. The first-order valence-corrected chi connectivity index (χ1v) is 14.7. The lowest BCUT2D eigenvalue weighted by molar-refractivity contribution is -0.155. The number of hydrogen-bond donors (Lipinski definition) is 3. The second-order valence-corrected chi connectivity index (χ2v) is 11.0. The number of carboxylic acid groups (broad SMARTS) is 1. The van der Waals surface area contributed by atoms with E-state index in [2.05, 4.69) is 42.2 Å². The molecule has 0 bridgehead atoms. The highest BCUT2D eigenvalue weighted by atomic mass is 127. The van der Waals surface area contributed by atoms with E-state index in [1.54, 1.807) is 20.8 Å². The number of halogens is 1. The zero-order valence-corrected chi connectivity index (χ0v) is 29.3. The van der Waals surface area contributed by atoms with Gasteiger partial charge in [-0.25, -0.2) is 0 Å². The van der Waals surface area contributed by atoms with Crippen molar-refractivity contribution in [2.75, 3.05) is 12.8 Å². The number of nitrogen functional groups attached to an aromatic ring is 1. The van der Waals surface area contributed by atoms with Crippen LogP contribution in [0.4, 0.5) is 5.69 Å². The lowest BCUT2D eigenvalue weighted by atomic mass is 10.0. The standard InChI is InChI=1S/C10H12INO2.2C7H14O2.C3H8.C2H6.CH5N.CH4/c1-6(10(13)14)4-7-2-3-9(12)8(11)5-7;2*1-5-6(8)9-7(2,3)4;1-3-2;2*1-2;/h2-3,5-6H,4,12H2,1H3,(H,13,14);2*5H2,1-4H3;3H2,1-2H3;1-2H3;2H2,1H3;1H4/t6-;;;;;;/m1....../s1. The van der Waals surface area contributed by atoms with Gasteiger partial charge in [0, 0.05) is 22.1 Å². The number of carbonyl (C=O) groups excluding carboxylic acids is 2. The average molecular weight is 687 g/mol. The normalized spacial score (nSPS) is 10.1. The van der Waals surface area contributed by atoms with Gasteiger partial charge in [-0.15, -0.1) is 0 Å². The Morgan fingerprint density at radius 3 is 1.40 bits per heavy atom. The number of aliphatic carboxylic acids is 1. The van der Waals surface area contributed by atoms with E-state index in [4.69, 9.17) is 20.3 Å². The fraction of sp³-hybridized carbons (Fsp3) is 0.710. The summed E-state index contributed by atoms with van der Waals surface area (Å²) in [5.74, 6) is -1.39. The van der Waals surface area contributed by atoms with Gasteiger partial charge in [0.15, 0.2) is 0 Å². The van der Waals surface area contributed by atoms with Crippen LogP contribution in [0, 0.1) is 9.49 Å². The Hall–Kier alpha value is -1.88. The summed E-state index contributed by atoms with van der Waals surface area (Å²) < 4.78 is 10.9. The van der Waals surface area contributed by atoms with E-state index < -0.39 is 5.97 Å². The molecule has 8 nitrogen and oxygen atoms in total. The van der Waals surface area contributed by atoms with Crippen LogP contribution in [-0.4, -0.2) is 41.3 Å². The molecule has 0 unspecified atom stereocenters. The van der Waals surface area contributed by atoms with Crippen LogP contribution in [0.5, 0.6) is 0 Å². The van der Waals surface area contributed by atoms with Crippen molar-refractivity contribution in [3.8, 4) is 0 Å². The molecular formula is C31H63IN2O6. The maximum Gasteiger partial charge on any atom is 0.306 e. The minimum absolute atomic E-state index is 0. The Balaban J connectivity index is -0.0000000987. The Kier molecular flexibility index (Phi) is 38.3. The summed E-state index contributed by atoms with van der Waals surface area (Å²) >= 11 is 2.14. The number of nitrogens with two attached hydrogens (primary N) is 2. The van der Waals surface area contributed by atoms with E-state index in [9.17, 15) is 14.4 Å². The van der Waals surface area contributed by atoms with Crippen LogP contribution in [0.1, 0.15) is 122 Å². The van der Waals surface area contributed by atoms with E-state index in [1.807, 2.05) is 73.6 Å². The second kappa shape index (κ2) is 30.1. The Labute approximate surface area is 260 Å². The monoisotopic (exact) mass is 686 g/mol. The van der Waals surface area contributed by atoms with Crippen molar-refractivity contribution in [3.63, 3.8) is 0 Å². The molecule has 0 amide bonds. The van der Waals surface area contributed by atoms with E-state index in [1.165, 1.54) is 13.5 Å². The average Bonchev–Trinajstić information content (AvgIpc) is 2.83. The molecule has 0 aliphatic rings. The predicted molar refractivity (Wildman–Crippen MR) is 181 cm³/mol. The number of anilines is 1. The number of rotatable bonds is 5. The predicted octanol–water partition coefficient (Wildman–Crippen LogP) is 8.27. The van der Waals surface area contributed by atoms with Gasteiger partial charge >= 0.3 is 17.9 Å².